The van der Waals surface area contributed by atoms with Crippen LogP contribution in [-0.2, 0) is 0 Å². The lowest BCUT2D eigenvalue weighted by molar-refractivity contribution is 0.194. The fourth-order valence-corrected chi connectivity index (χ4v) is 2.93. The third-order valence-corrected chi connectivity index (χ3v) is 4.63. The summed E-state index contributed by atoms with van der Waals surface area (Å²) in [6.07, 6.45) is 4.77. The van der Waals surface area contributed by atoms with Crippen molar-refractivity contribution in [2.75, 3.05) is 33.2 Å². The number of urea groups is 1. The summed E-state index contributed by atoms with van der Waals surface area (Å²) in [6, 6.07) is 6.13. The highest BCUT2D eigenvalue weighted by molar-refractivity contribution is 5.74. The molecule has 0 bridgehead atoms. The molecule has 23 heavy (non-hydrogen) atoms. The van der Waals surface area contributed by atoms with E-state index < -0.39 is 0 Å². The molecule has 2 rings (SSSR count). The highest BCUT2D eigenvalue weighted by Gasteiger charge is 2.17. The highest BCUT2D eigenvalue weighted by atomic mass is 19.1. The zero-order valence-electron chi connectivity index (χ0n) is 14.2. The molecule has 0 saturated carbocycles. The number of hydrogen-bond donors (Lipinski definition) is 1. The number of carbonyl (C=O) groups excluding carboxylic acids is 1. The monoisotopic (exact) mass is 321 g/mol. The molecular weight excluding hydrogens is 293 g/mol. The van der Waals surface area contributed by atoms with Crippen molar-refractivity contribution in [2.24, 2.45) is 0 Å². The number of benzene rings is 1. The van der Waals surface area contributed by atoms with Crippen molar-refractivity contribution in [1.29, 1.82) is 0 Å². The molecule has 1 aliphatic heterocycles. The Kier molecular flexibility index (Phi) is 6.84. The van der Waals surface area contributed by atoms with Crippen molar-refractivity contribution in [3.05, 3.63) is 35.6 Å². The second-order valence-corrected chi connectivity index (χ2v) is 6.33. The first-order valence-electron chi connectivity index (χ1n) is 8.56. The van der Waals surface area contributed by atoms with Crippen LogP contribution in [0.1, 0.15) is 44.2 Å². The molecule has 5 heteroatoms. The molecule has 0 aliphatic carbocycles. The minimum Gasteiger partial charge on any atom is -0.338 e. The molecule has 1 aliphatic rings. The van der Waals surface area contributed by atoms with Gasteiger partial charge in [0.05, 0.1) is 6.04 Å². The van der Waals surface area contributed by atoms with Gasteiger partial charge in [0.25, 0.3) is 0 Å². The van der Waals surface area contributed by atoms with Crippen LogP contribution in [-0.4, -0.2) is 49.1 Å². The molecule has 1 fully saturated rings. The number of nitrogens with one attached hydrogen (secondary N) is 1. The van der Waals surface area contributed by atoms with E-state index in [1.165, 1.54) is 38.1 Å². The average molecular weight is 321 g/mol. The molecule has 1 aromatic carbocycles. The van der Waals surface area contributed by atoms with Gasteiger partial charge in [-0.25, -0.2) is 9.18 Å². The van der Waals surface area contributed by atoms with Crippen molar-refractivity contribution in [2.45, 2.75) is 38.6 Å². The lowest BCUT2D eigenvalue weighted by Crippen LogP contribution is -2.39. The van der Waals surface area contributed by atoms with E-state index in [0.717, 1.165) is 24.9 Å². The Balaban J connectivity index is 1.66. The summed E-state index contributed by atoms with van der Waals surface area (Å²) < 4.78 is 13.0. The zero-order chi connectivity index (χ0) is 16.7. The molecule has 1 atom stereocenters. The van der Waals surface area contributed by atoms with Gasteiger partial charge in [0.15, 0.2) is 0 Å². The number of carbonyl (C=O) groups is 1. The summed E-state index contributed by atoms with van der Waals surface area (Å²) in [7, 11) is 1.77. The van der Waals surface area contributed by atoms with Gasteiger partial charge >= 0.3 is 6.03 Å². The predicted octanol–water partition coefficient (Wildman–Crippen LogP) is 3.40. The molecule has 1 N–H and O–H groups in total. The quantitative estimate of drug-likeness (QED) is 0.781. The van der Waals surface area contributed by atoms with Gasteiger partial charge in [-0.15, -0.1) is 0 Å². The summed E-state index contributed by atoms with van der Waals surface area (Å²) in [5, 5.41) is 2.96. The number of rotatable bonds is 7. The van der Waals surface area contributed by atoms with E-state index >= 15 is 0 Å². The number of unbranched alkanes of at least 4 members (excludes halogenated alkanes) is 1. The van der Waals surface area contributed by atoms with Crippen LogP contribution in [0.25, 0.3) is 0 Å². The lowest BCUT2D eigenvalue weighted by Gasteiger charge is -2.25. The fourth-order valence-electron chi connectivity index (χ4n) is 2.93. The largest absolute Gasteiger partial charge is 0.338 e. The molecule has 1 heterocycles. The van der Waals surface area contributed by atoms with Crippen LogP contribution >= 0.6 is 0 Å². The predicted molar refractivity (Wildman–Crippen MR) is 90.9 cm³/mol. The number of nitrogens with zero attached hydrogens (tertiary/aromatic N) is 2. The van der Waals surface area contributed by atoms with E-state index in [1.807, 2.05) is 6.92 Å². The number of hydrogen-bond acceptors (Lipinski definition) is 2. The smallest absolute Gasteiger partial charge is 0.317 e. The Morgan fingerprint density at radius 2 is 1.91 bits per heavy atom. The summed E-state index contributed by atoms with van der Waals surface area (Å²) in [5.41, 5.74) is 0.929. The molecule has 4 nitrogen and oxygen atoms in total. The Bertz CT molecular complexity index is 486. The third-order valence-electron chi connectivity index (χ3n) is 4.63. The van der Waals surface area contributed by atoms with E-state index in [4.69, 9.17) is 0 Å². The Morgan fingerprint density at radius 1 is 1.26 bits per heavy atom. The van der Waals surface area contributed by atoms with Crippen molar-refractivity contribution >= 4 is 6.03 Å². The van der Waals surface area contributed by atoms with Gasteiger partial charge in [-0.2, -0.15) is 0 Å². The SMILES string of the molecule is C[C@H](c1ccc(F)cc1)N(C)C(=O)NCCCCN1CCCC1. The number of halogens is 1. The number of amides is 2. The first-order chi connectivity index (χ1) is 11.1. The minimum absolute atomic E-state index is 0.0806. The van der Waals surface area contributed by atoms with Crippen molar-refractivity contribution in [1.82, 2.24) is 15.1 Å². The van der Waals surface area contributed by atoms with Crippen LogP contribution in [0.15, 0.2) is 24.3 Å². The van der Waals surface area contributed by atoms with Crippen molar-refractivity contribution in [3.63, 3.8) is 0 Å². The first kappa shape index (κ1) is 17.7. The summed E-state index contributed by atoms with van der Waals surface area (Å²) in [4.78, 5) is 16.3. The molecular formula is C18H28FN3O. The summed E-state index contributed by atoms with van der Waals surface area (Å²) in [5.74, 6) is -0.258. The number of likely N-dealkylation sites (tertiary alicyclic amines) is 1. The van der Waals surface area contributed by atoms with E-state index in [9.17, 15) is 9.18 Å². The minimum atomic E-state index is -0.258. The molecule has 0 radical (unpaired) electrons. The molecule has 1 saturated heterocycles. The second kappa shape index (κ2) is 8.87. The maximum Gasteiger partial charge on any atom is 0.317 e. The van der Waals surface area contributed by atoms with Crippen LogP contribution < -0.4 is 5.32 Å². The highest BCUT2D eigenvalue weighted by Crippen LogP contribution is 2.18. The Hall–Kier alpha value is -1.62. The zero-order valence-corrected chi connectivity index (χ0v) is 14.2. The topological polar surface area (TPSA) is 35.6 Å². The maximum absolute atomic E-state index is 13.0. The van der Waals surface area contributed by atoms with Crippen LogP contribution in [0.3, 0.4) is 0 Å². The van der Waals surface area contributed by atoms with E-state index in [0.29, 0.717) is 6.54 Å². The second-order valence-electron chi connectivity index (χ2n) is 6.33. The van der Waals surface area contributed by atoms with Crippen molar-refractivity contribution < 1.29 is 9.18 Å². The normalized spacial score (nSPS) is 16.3. The molecule has 0 spiro atoms. The molecule has 128 valence electrons. The van der Waals surface area contributed by atoms with Gasteiger partial charge < -0.3 is 15.1 Å². The Labute approximate surface area is 138 Å². The van der Waals surface area contributed by atoms with E-state index in [-0.39, 0.29) is 17.9 Å². The van der Waals surface area contributed by atoms with Gasteiger partial charge in [-0.3, -0.25) is 0 Å². The lowest BCUT2D eigenvalue weighted by atomic mass is 10.1. The summed E-state index contributed by atoms with van der Waals surface area (Å²) >= 11 is 0. The molecule has 1 aromatic rings. The van der Waals surface area contributed by atoms with Gasteiger partial charge in [0.1, 0.15) is 5.82 Å². The van der Waals surface area contributed by atoms with Crippen molar-refractivity contribution in [3.8, 4) is 0 Å². The van der Waals surface area contributed by atoms with E-state index in [2.05, 4.69) is 10.2 Å². The summed E-state index contributed by atoms with van der Waals surface area (Å²) in [6.45, 7) is 6.24. The maximum atomic E-state index is 13.0. The van der Waals surface area contributed by atoms with Crippen LogP contribution in [0, 0.1) is 5.82 Å². The third kappa shape index (κ3) is 5.50. The van der Waals surface area contributed by atoms with Crippen LogP contribution in [0.4, 0.5) is 9.18 Å². The van der Waals surface area contributed by atoms with Gasteiger partial charge in [-0.1, -0.05) is 12.1 Å². The first-order valence-corrected chi connectivity index (χ1v) is 8.56. The van der Waals surface area contributed by atoms with E-state index in [1.54, 1.807) is 24.1 Å². The molecule has 0 aromatic heterocycles. The Morgan fingerprint density at radius 3 is 2.57 bits per heavy atom. The van der Waals surface area contributed by atoms with Gasteiger partial charge in [0.2, 0.25) is 0 Å². The van der Waals surface area contributed by atoms with Gasteiger partial charge in [-0.05, 0) is 69.9 Å². The van der Waals surface area contributed by atoms with Gasteiger partial charge in [0, 0.05) is 13.6 Å². The molecule has 2 amide bonds. The fraction of sp³-hybridized carbons (Fsp3) is 0.611. The molecule has 0 unspecified atom stereocenters. The van der Waals surface area contributed by atoms with Crippen LogP contribution in [0.2, 0.25) is 0 Å². The van der Waals surface area contributed by atoms with Crippen LogP contribution in [0.5, 0.6) is 0 Å². The standard InChI is InChI=1S/C18H28FN3O/c1-15(16-7-9-17(19)10-8-16)21(2)18(23)20-11-3-4-12-22-13-5-6-14-22/h7-10,15H,3-6,11-14H2,1-2H3,(H,20,23)/t15-/m1/s1. The average Bonchev–Trinajstić information content (AvgIpc) is 3.07.